The summed E-state index contributed by atoms with van der Waals surface area (Å²) >= 11 is 1.69. The molecule has 3 aromatic heterocycles. The first-order valence-electron chi connectivity index (χ1n) is 11.1. The van der Waals surface area contributed by atoms with Gasteiger partial charge in [-0.05, 0) is 54.3 Å². The lowest BCUT2D eigenvalue weighted by atomic mass is 10.0. The molecular formula is C24H30N6O3S. The van der Waals surface area contributed by atoms with Crippen LogP contribution < -0.4 is 15.0 Å². The predicted molar refractivity (Wildman–Crippen MR) is 132 cm³/mol. The van der Waals surface area contributed by atoms with Crippen LogP contribution in [0.4, 0.5) is 0 Å². The first kappa shape index (κ1) is 23.9. The molecule has 0 unspecified atom stereocenters. The summed E-state index contributed by atoms with van der Waals surface area (Å²) in [4.78, 5) is 19.4. The zero-order valence-corrected chi connectivity index (χ0v) is 21.0. The molecule has 0 aliphatic carbocycles. The van der Waals surface area contributed by atoms with Crippen molar-refractivity contribution in [2.45, 2.75) is 52.4 Å². The molecule has 4 rings (SSSR count). The van der Waals surface area contributed by atoms with E-state index in [4.69, 9.17) is 9.47 Å². The monoisotopic (exact) mass is 482 g/mol. The molecule has 0 fully saturated rings. The van der Waals surface area contributed by atoms with Crippen LogP contribution in [-0.2, 0) is 25.2 Å². The zero-order chi connectivity index (χ0) is 24.3. The maximum Gasteiger partial charge on any atom is 0.252 e. The molecule has 3 heterocycles. The van der Waals surface area contributed by atoms with Gasteiger partial charge in [-0.25, -0.2) is 4.68 Å². The lowest BCUT2D eigenvalue weighted by molar-refractivity contribution is 0.218. The number of tetrazole rings is 1. The number of nitrogens with zero attached hydrogens (tertiary/aromatic N) is 5. The summed E-state index contributed by atoms with van der Waals surface area (Å²) in [5, 5.41) is 15.4. The van der Waals surface area contributed by atoms with E-state index in [0.717, 1.165) is 17.6 Å². The van der Waals surface area contributed by atoms with Gasteiger partial charge < -0.3 is 14.5 Å². The molecule has 0 aliphatic rings. The Morgan fingerprint density at radius 1 is 1.12 bits per heavy atom. The maximum absolute atomic E-state index is 13.0. The molecule has 0 saturated carbocycles. The fourth-order valence-corrected chi connectivity index (χ4v) is 4.60. The van der Waals surface area contributed by atoms with Gasteiger partial charge in [0.2, 0.25) is 0 Å². The number of H-pyrrole nitrogens is 1. The summed E-state index contributed by atoms with van der Waals surface area (Å²) in [7, 11) is 3.17. The molecule has 0 aliphatic heterocycles. The average Bonchev–Trinajstić information content (AvgIpc) is 3.51. The lowest BCUT2D eigenvalue weighted by Gasteiger charge is -2.26. The Bertz CT molecular complexity index is 1310. The Kier molecular flexibility index (Phi) is 6.99. The first-order chi connectivity index (χ1) is 16.3. The highest BCUT2D eigenvalue weighted by Crippen LogP contribution is 2.31. The number of nitrogens with one attached hydrogen (secondary N) is 1. The summed E-state index contributed by atoms with van der Waals surface area (Å²) in [6.45, 7) is 7.99. The number of thiophene rings is 1. The van der Waals surface area contributed by atoms with Crippen LogP contribution in [0.25, 0.3) is 10.9 Å². The van der Waals surface area contributed by atoms with Gasteiger partial charge in [-0.1, -0.05) is 13.0 Å². The second kappa shape index (κ2) is 9.94. The van der Waals surface area contributed by atoms with Crippen LogP contribution in [0.1, 0.15) is 43.5 Å². The highest BCUT2D eigenvalue weighted by Gasteiger charge is 2.25. The largest absolute Gasteiger partial charge is 0.493 e. The number of aromatic nitrogens is 5. The summed E-state index contributed by atoms with van der Waals surface area (Å²) in [5.41, 5.74) is 1.02. The summed E-state index contributed by atoms with van der Waals surface area (Å²) < 4.78 is 12.7. The highest BCUT2D eigenvalue weighted by molar-refractivity contribution is 7.09. The van der Waals surface area contributed by atoms with Crippen LogP contribution in [0.2, 0.25) is 0 Å². The molecule has 0 radical (unpaired) electrons. The molecular weight excluding hydrogens is 452 g/mol. The van der Waals surface area contributed by atoms with E-state index in [1.807, 2.05) is 22.9 Å². The topological polar surface area (TPSA) is 98.2 Å². The van der Waals surface area contributed by atoms with Crippen molar-refractivity contribution in [3.63, 3.8) is 0 Å². The quantitative estimate of drug-likeness (QED) is 0.366. The first-order valence-corrected chi connectivity index (χ1v) is 12.0. The fraction of sp³-hybridized carbons (Fsp3) is 0.417. The van der Waals surface area contributed by atoms with E-state index in [-0.39, 0.29) is 11.1 Å². The van der Waals surface area contributed by atoms with Gasteiger partial charge in [0.15, 0.2) is 17.3 Å². The van der Waals surface area contributed by atoms with E-state index in [1.165, 1.54) is 4.88 Å². The van der Waals surface area contributed by atoms with Gasteiger partial charge in [0.05, 0.1) is 31.8 Å². The SMILES string of the molecule is CCC(C)(C)n1nnnc1CN(Cc1cccs1)Cc1cc2cc(OC)c(OC)cc2[nH]c1=O. The molecule has 9 nitrogen and oxygen atoms in total. The van der Waals surface area contributed by atoms with Crippen LogP contribution in [0.5, 0.6) is 11.5 Å². The highest BCUT2D eigenvalue weighted by atomic mass is 32.1. The maximum atomic E-state index is 13.0. The van der Waals surface area contributed by atoms with Crippen molar-refractivity contribution in [1.82, 2.24) is 30.1 Å². The van der Waals surface area contributed by atoms with Gasteiger partial charge >= 0.3 is 0 Å². The summed E-state index contributed by atoms with van der Waals surface area (Å²) in [5.74, 6) is 1.96. The van der Waals surface area contributed by atoms with Crippen molar-refractivity contribution >= 4 is 22.2 Å². The normalized spacial score (nSPS) is 11.9. The molecule has 0 saturated heterocycles. The summed E-state index contributed by atoms with van der Waals surface area (Å²) in [6, 6.07) is 9.70. The molecule has 34 heavy (non-hydrogen) atoms. The van der Waals surface area contributed by atoms with Crippen LogP contribution in [-0.4, -0.2) is 44.3 Å². The van der Waals surface area contributed by atoms with Crippen molar-refractivity contribution in [2.75, 3.05) is 14.2 Å². The number of methoxy groups -OCH3 is 2. The number of aromatic amines is 1. The van der Waals surface area contributed by atoms with E-state index >= 15 is 0 Å². The van der Waals surface area contributed by atoms with E-state index in [9.17, 15) is 4.79 Å². The molecule has 10 heteroatoms. The van der Waals surface area contributed by atoms with E-state index < -0.39 is 0 Å². The minimum absolute atomic E-state index is 0.135. The standard InChI is InChI=1S/C24H30N6O3S/c1-6-24(2,3)30-22(26-27-28-30)15-29(14-18-8-7-9-34-18)13-17-10-16-11-20(32-4)21(33-5)12-19(16)25-23(17)31/h7-12H,6,13-15H2,1-5H3,(H,25,31). The van der Waals surface area contributed by atoms with Crippen molar-refractivity contribution in [2.24, 2.45) is 0 Å². The lowest BCUT2D eigenvalue weighted by Crippen LogP contribution is -2.32. The zero-order valence-electron chi connectivity index (χ0n) is 20.2. The number of rotatable bonds is 10. The van der Waals surface area contributed by atoms with Gasteiger partial charge in [0, 0.05) is 35.0 Å². The number of pyridine rings is 1. The van der Waals surface area contributed by atoms with Gasteiger partial charge in [0.25, 0.3) is 5.56 Å². The third-order valence-corrected chi connectivity index (χ3v) is 6.98. The minimum atomic E-state index is -0.205. The fourth-order valence-electron chi connectivity index (χ4n) is 3.85. The van der Waals surface area contributed by atoms with Gasteiger partial charge in [0.1, 0.15) is 0 Å². The van der Waals surface area contributed by atoms with Gasteiger partial charge in [-0.2, -0.15) is 0 Å². The predicted octanol–water partition coefficient (Wildman–Crippen LogP) is 3.94. The van der Waals surface area contributed by atoms with E-state index in [2.05, 4.69) is 57.6 Å². The Morgan fingerprint density at radius 3 is 2.56 bits per heavy atom. The number of ether oxygens (including phenoxy) is 2. The van der Waals surface area contributed by atoms with Crippen LogP contribution in [0, 0.1) is 0 Å². The Hall–Kier alpha value is -3.24. The molecule has 0 amide bonds. The van der Waals surface area contributed by atoms with Crippen molar-refractivity contribution < 1.29 is 9.47 Å². The molecule has 0 atom stereocenters. The second-order valence-electron chi connectivity index (χ2n) is 8.82. The van der Waals surface area contributed by atoms with Crippen molar-refractivity contribution in [1.29, 1.82) is 0 Å². The third kappa shape index (κ3) is 4.97. The van der Waals surface area contributed by atoms with E-state index in [1.54, 1.807) is 31.6 Å². The Morgan fingerprint density at radius 2 is 1.88 bits per heavy atom. The molecule has 180 valence electrons. The Labute approximate surface area is 202 Å². The molecule has 1 aromatic carbocycles. The number of benzene rings is 1. The molecule has 4 aromatic rings. The van der Waals surface area contributed by atoms with Crippen LogP contribution in [0.3, 0.4) is 0 Å². The average molecular weight is 483 g/mol. The Balaban J connectivity index is 1.69. The van der Waals surface area contributed by atoms with Gasteiger partial charge in [-0.15, -0.1) is 16.4 Å². The molecule has 1 N–H and O–H groups in total. The van der Waals surface area contributed by atoms with Crippen LogP contribution >= 0.6 is 11.3 Å². The smallest absolute Gasteiger partial charge is 0.252 e. The summed E-state index contributed by atoms with van der Waals surface area (Å²) in [6.07, 6.45) is 0.894. The minimum Gasteiger partial charge on any atom is -0.493 e. The molecule has 0 bridgehead atoms. The number of hydrogen-bond donors (Lipinski definition) is 1. The third-order valence-electron chi connectivity index (χ3n) is 6.12. The second-order valence-corrected chi connectivity index (χ2v) is 9.85. The number of hydrogen-bond acceptors (Lipinski definition) is 8. The van der Waals surface area contributed by atoms with Gasteiger partial charge in [-0.3, -0.25) is 9.69 Å². The van der Waals surface area contributed by atoms with Crippen molar-refractivity contribution in [3.8, 4) is 11.5 Å². The van der Waals surface area contributed by atoms with E-state index in [0.29, 0.717) is 42.2 Å². The van der Waals surface area contributed by atoms with Crippen molar-refractivity contribution in [3.05, 3.63) is 62.3 Å². The van der Waals surface area contributed by atoms with Crippen LogP contribution in [0.15, 0.2) is 40.5 Å². The molecule has 0 spiro atoms. The number of fused-ring (bicyclic) bond motifs is 1.